The van der Waals surface area contributed by atoms with E-state index in [9.17, 15) is 19.4 Å². The van der Waals surface area contributed by atoms with E-state index in [2.05, 4.69) is 0 Å². The monoisotopic (exact) mass is 215 g/mol. The minimum Gasteiger partial charge on any atom is -0.508 e. The first-order valence-electron chi connectivity index (χ1n) is 4.07. The summed E-state index contributed by atoms with van der Waals surface area (Å²) in [7, 11) is 0. The number of nitrogens with two attached hydrogens (primary N) is 1. The average molecular weight is 215 g/mol. The van der Waals surface area contributed by atoms with Crippen molar-refractivity contribution in [2.24, 2.45) is 5.73 Å². The number of halogens is 1. The first-order chi connectivity index (χ1) is 6.93. The molecule has 1 amide bonds. The zero-order valence-electron chi connectivity index (χ0n) is 7.59. The molecule has 1 rings (SSSR count). The fraction of sp³-hybridized carbons (Fsp3) is 0.222. The van der Waals surface area contributed by atoms with E-state index in [1.54, 1.807) is 0 Å². The van der Waals surface area contributed by atoms with Crippen LogP contribution in [0, 0.1) is 5.82 Å². The van der Waals surface area contributed by atoms with Crippen molar-refractivity contribution in [3.8, 4) is 5.75 Å². The van der Waals surface area contributed by atoms with E-state index in [0.717, 1.165) is 18.2 Å². The van der Waals surface area contributed by atoms with E-state index in [4.69, 9.17) is 10.8 Å². The Bertz CT molecular complexity index is 382. The van der Waals surface area contributed by atoms with Crippen LogP contribution in [0.5, 0.6) is 5.75 Å². The molecule has 0 spiro atoms. The molecule has 0 aliphatic carbocycles. The maximum absolute atomic E-state index is 12.8. The van der Waals surface area contributed by atoms with Gasteiger partial charge in [0.25, 0.3) is 0 Å². The van der Waals surface area contributed by atoms with Crippen LogP contribution in [0.4, 0.5) is 4.39 Å². The normalized spacial score (nSPS) is 14.6. The topological polar surface area (TPSA) is 104 Å². The molecule has 5 N–H and O–H groups in total. The lowest BCUT2D eigenvalue weighted by Crippen LogP contribution is -2.33. The number of rotatable bonds is 3. The van der Waals surface area contributed by atoms with Gasteiger partial charge in [0.1, 0.15) is 17.7 Å². The van der Waals surface area contributed by atoms with E-state index >= 15 is 0 Å². The van der Waals surface area contributed by atoms with Crippen molar-refractivity contribution in [2.45, 2.75) is 12.2 Å². The van der Waals surface area contributed by atoms with Crippen molar-refractivity contribution >= 4 is 5.91 Å². The maximum Gasteiger partial charge on any atom is 0.249 e. The Kier molecular flexibility index (Phi) is 3.23. The highest BCUT2D eigenvalue weighted by atomic mass is 19.1. The van der Waals surface area contributed by atoms with Crippen molar-refractivity contribution in [1.82, 2.24) is 0 Å². The van der Waals surface area contributed by atoms with Gasteiger partial charge in [0.15, 0.2) is 6.10 Å². The highest BCUT2D eigenvalue weighted by Gasteiger charge is 2.25. The molecule has 1 aromatic rings. The minimum atomic E-state index is -1.89. The fourth-order valence-corrected chi connectivity index (χ4v) is 1.09. The second kappa shape index (κ2) is 4.24. The Morgan fingerprint density at radius 2 is 2.00 bits per heavy atom. The van der Waals surface area contributed by atoms with Gasteiger partial charge in [-0.2, -0.15) is 0 Å². The number of aromatic hydroxyl groups is 1. The van der Waals surface area contributed by atoms with E-state index in [1.165, 1.54) is 0 Å². The summed E-state index contributed by atoms with van der Waals surface area (Å²) in [5.74, 6) is -2.30. The number of hydrogen-bond donors (Lipinski definition) is 4. The van der Waals surface area contributed by atoms with E-state index in [-0.39, 0.29) is 5.56 Å². The molecular formula is C9H10FNO4. The van der Waals surface area contributed by atoms with Crippen LogP contribution in [-0.2, 0) is 4.79 Å². The van der Waals surface area contributed by atoms with Gasteiger partial charge >= 0.3 is 0 Å². The Hall–Kier alpha value is -1.66. The molecule has 1 aromatic carbocycles. The zero-order valence-corrected chi connectivity index (χ0v) is 7.59. The number of carbonyl (C=O) groups excluding carboxylic acids is 1. The Labute approximate surface area is 84.6 Å². The number of hydrogen-bond acceptors (Lipinski definition) is 4. The van der Waals surface area contributed by atoms with Crippen LogP contribution in [0.3, 0.4) is 0 Å². The summed E-state index contributed by atoms with van der Waals surface area (Å²) in [6.07, 6.45) is -3.64. The van der Waals surface area contributed by atoms with Crippen molar-refractivity contribution in [3.05, 3.63) is 29.6 Å². The van der Waals surface area contributed by atoms with Crippen LogP contribution in [0.1, 0.15) is 11.7 Å². The van der Waals surface area contributed by atoms with E-state index in [0.29, 0.717) is 0 Å². The van der Waals surface area contributed by atoms with Crippen molar-refractivity contribution in [2.75, 3.05) is 0 Å². The third kappa shape index (κ3) is 2.42. The second-order valence-corrected chi connectivity index (χ2v) is 3.00. The predicted molar refractivity (Wildman–Crippen MR) is 48.2 cm³/mol. The number of aliphatic hydroxyl groups is 2. The Morgan fingerprint density at radius 3 is 2.53 bits per heavy atom. The molecule has 5 nitrogen and oxygen atoms in total. The van der Waals surface area contributed by atoms with Gasteiger partial charge in [-0.25, -0.2) is 4.39 Å². The third-order valence-electron chi connectivity index (χ3n) is 1.90. The predicted octanol–water partition coefficient (Wildman–Crippen LogP) is -0.589. The number of phenolic OH excluding ortho intramolecular Hbond substituents is 1. The van der Waals surface area contributed by atoms with Crippen LogP contribution < -0.4 is 5.73 Å². The highest BCUT2D eigenvalue weighted by molar-refractivity contribution is 5.79. The number of benzene rings is 1. The molecule has 0 aromatic heterocycles. The van der Waals surface area contributed by atoms with Gasteiger partial charge in [0.05, 0.1) is 0 Å². The molecule has 0 aliphatic rings. The molecule has 82 valence electrons. The summed E-state index contributed by atoms with van der Waals surface area (Å²) >= 11 is 0. The quantitative estimate of drug-likeness (QED) is 0.541. The summed E-state index contributed by atoms with van der Waals surface area (Å²) in [4.78, 5) is 10.5. The van der Waals surface area contributed by atoms with Crippen LogP contribution in [0.25, 0.3) is 0 Å². The van der Waals surface area contributed by atoms with Crippen LogP contribution >= 0.6 is 0 Å². The minimum absolute atomic E-state index is 0.290. The lowest BCUT2D eigenvalue weighted by molar-refractivity contribution is -0.132. The first-order valence-corrected chi connectivity index (χ1v) is 4.07. The molecule has 0 bridgehead atoms. The molecule has 0 aliphatic heterocycles. The molecule has 15 heavy (non-hydrogen) atoms. The molecule has 6 heteroatoms. The van der Waals surface area contributed by atoms with Gasteiger partial charge in [-0.3, -0.25) is 4.79 Å². The fourth-order valence-electron chi connectivity index (χ4n) is 1.09. The SMILES string of the molecule is NC(=O)C(O)C(O)c1cc(F)ccc1O. The molecule has 0 fully saturated rings. The smallest absolute Gasteiger partial charge is 0.249 e. The summed E-state index contributed by atoms with van der Waals surface area (Å²) < 4.78 is 12.8. The van der Waals surface area contributed by atoms with Gasteiger partial charge in [-0.1, -0.05) is 0 Å². The van der Waals surface area contributed by atoms with E-state index < -0.39 is 29.7 Å². The molecule has 0 saturated heterocycles. The van der Waals surface area contributed by atoms with Crippen molar-refractivity contribution in [1.29, 1.82) is 0 Å². The van der Waals surface area contributed by atoms with E-state index in [1.807, 2.05) is 0 Å². The highest BCUT2D eigenvalue weighted by Crippen LogP contribution is 2.26. The van der Waals surface area contributed by atoms with Gasteiger partial charge in [0.2, 0.25) is 5.91 Å². The van der Waals surface area contributed by atoms with Gasteiger partial charge in [-0.05, 0) is 18.2 Å². The summed E-state index contributed by atoms with van der Waals surface area (Å²) in [6, 6.07) is 2.79. The van der Waals surface area contributed by atoms with Crippen LogP contribution in [0.15, 0.2) is 18.2 Å². The standard InChI is InChI=1S/C9H10FNO4/c10-4-1-2-6(12)5(3-4)7(13)8(14)9(11)15/h1-3,7-8,12-14H,(H2,11,15). The summed E-state index contributed by atoms with van der Waals surface area (Å²) in [6.45, 7) is 0. The lowest BCUT2D eigenvalue weighted by atomic mass is 10.0. The number of primary amides is 1. The molecule has 0 saturated carbocycles. The Morgan fingerprint density at radius 1 is 1.40 bits per heavy atom. The maximum atomic E-state index is 12.8. The largest absolute Gasteiger partial charge is 0.508 e. The summed E-state index contributed by atoms with van der Waals surface area (Å²) in [5, 5.41) is 27.7. The molecule has 0 radical (unpaired) electrons. The Balaban J connectivity index is 3.04. The van der Waals surface area contributed by atoms with Crippen molar-refractivity contribution < 1.29 is 24.5 Å². The molecular weight excluding hydrogens is 205 g/mol. The van der Waals surface area contributed by atoms with Gasteiger partial charge in [-0.15, -0.1) is 0 Å². The van der Waals surface area contributed by atoms with Crippen LogP contribution in [0.2, 0.25) is 0 Å². The van der Waals surface area contributed by atoms with Crippen molar-refractivity contribution in [3.63, 3.8) is 0 Å². The summed E-state index contributed by atoms with van der Waals surface area (Å²) in [5.41, 5.74) is 4.45. The third-order valence-corrected chi connectivity index (χ3v) is 1.90. The second-order valence-electron chi connectivity index (χ2n) is 3.00. The van der Waals surface area contributed by atoms with Gasteiger partial charge < -0.3 is 21.1 Å². The van der Waals surface area contributed by atoms with Crippen LogP contribution in [-0.4, -0.2) is 27.3 Å². The first kappa shape index (κ1) is 11.4. The van der Waals surface area contributed by atoms with Gasteiger partial charge in [0, 0.05) is 5.56 Å². The molecule has 2 unspecified atom stereocenters. The lowest BCUT2D eigenvalue weighted by Gasteiger charge is -2.16. The number of carbonyl (C=O) groups is 1. The average Bonchev–Trinajstić information content (AvgIpc) is 2.19. The number of amides is 1. The number of aliphatic hydroxyl groups excluding tert-OH is 2. The number of phenols is 1. The zero-order chi connectivity index (χ0) is 11.6. The molecule has 2 atom stereocenters. The molecule has 0 heterocycles.